The van der Waals surface area contributed by atoms with E-state index in [1.54, 1.807) is 7.11 Å². The molecule has 1 unspecified atom stereocenters. The Hall–Kier alpha value is -1.81. The molecule has 4 nitrogen and oxygen atoms in total. The standard InChI is InChI=1S/C17H23NO3/c1-12(9-13-4-7-16(21-2)8-5-13)17(20)18-15-6-3-14(10-15)11-19/h3-8,12,14-15,19H,9-11H2,1-2H3,(H,18,20)/t12?,14-,15+/m0/s1. The third kappa shape index (κ3) is 4.33. The highest BCUT2D eigenvalue weighted by atomic mass is 16.5. The van der Waals surface area contributed by atoms with E-state index in [1.165, 1.54) is 0 Å². The van der Waals surface area contributed by atoms with Gasteiger partial charge in [-0.3, -0.25) is 4.79 Å². The number of ether oxygens (including phenoxy) is 1. The summed E-state index contributed by atoms with van der Waals surface area (Å²) in [6.45, 7) is 2.08. The second-order valence-electron chi connectivity index (χ2n) is 5.63. The van der Waals surface area contributed by atoms with E-state index in [1.807, 2.05) is 43.3 Å². The summed E-state index contributed by atoms with van der Waals surface area (Å²) in [5.41, 5.74) is 1.12. The van der Waals surface area contributed by atoms with E-state index >= 15 is 0 Å². The molecule has 0 saturated carbocycles. The minimum absolute atomic E-state index is 0.0490. The van der Waals surface area contributed by atoms with E-state index in [0.29, 0.717) is 6.42 Å². The number of rotatable bonds is 6. The largest absolute Gasteiger partial charge is 0.497 e. The number of carbonyl (C=O) groups excluding carboxylic acids is 1. The number of amides is 1. The predicted molar refractivity (Wildman–Crippen MR) is 82.1 cm³/mol. The second kappa shape index (κ2) is 7.27. The first-order valence-electron chi connectivity index (χ1n) is 7.35. The summed E-state index contributed by atoms with van der Waals surface area (Å²) < 4.78 is 5.12. The SMILES string of the molecule is COc1ccc(CC(C)C(=O)N[C@@H]2C=C[C@H](CO)C2)cc1. The third-order valence-electron chi connectivity index (χ3n) is 3.88. The lowest BCUT2D eigenvalue weighted by molar-refractivity contribution is -0.124. The number of carbonyl (C=O) groups is 1. The average molecular weight is 289 g/mol. The molecule has 0 heterocycles. The van der Waals surface area contributed by atoms with Crippen molar-refractivity contribution >= 4 is 5.91 Å². The Morgan fingerprint density at radius 2 is 2.10 bits per heavy atom. The molecule has 3 atom stereocenters. The maximum absolute atomic E-state index is 12.2. The Balaban J connectivity index is 1.83. The third-order valence-corrected chi connectivity index (χ3v) is 3.88. The molecule has 2 rings (SSSR count). The molecule has 0 fully saturated rings. The fourth-order valence-corrected chi connectivity index (χ4v) is 2.55. The molecule has 0 radical (unpaired) electrons. The van der Waals surface area contributed by atoms with Crippen molar-refractivity contribution in [2.24, 2.45) is 11.8 Å². The van der Waals surface area contributed by atoms with Gasteiger partial charge in [0.2, 0.25) is 5.91 Å². The van der Waals surface area contributed by atoms with E-state index in [9.17, 15) is 4.79 Å². The molecule has 1 amide bonds. The van der Waals surface area contributed by atoms with Crippen LogP contribution in [0.25, 0.3) is 0 Å². The summed E-state index contributed by atoms with van der Waals surface area (Å²) in [6.07, 6.45) is 5.44. The normalized spacial score (nSPS) is 22.0. The Kier molecular flexibility index (Phi) is 5.39. The predicted octanol–water partition coefficient (Wildman–Crippen LogP) is 1.93. The summed E-state index contributed by atoms with van der Waals surface area (Å²) in [5, 5.41) is 12.1. The number of aliphatic hydroxyl groups is 1. The maximum Gasteiger partial charge on any atom is 0.223 e. The van der Waals surface area contributed by atoms with Crippen molar-refractivity contribution in [3.8, 4) is 5.75 Å². The lowest BCUT2D eigenvalue weighted by Gasteiger charge is -2.17. The van der Waals surface area contributed by atoms with Crippen LogP contribution in [0.15, 0.2) is 36.4 Å². The van der Waals surface area contributed by atoms with Crippen LogP contribution >= 0.6 is 0 Å². The number of methoxy groups -OCH3 is 1. The van der Waals surface area contributed by atoms with Crippen molar-refractivity contribution in [3.05, 3.63) is 42.0 Å². The van der Waals surface area contributed by atoms with Gasteiger partial charge in [0.1, 0.15) is 5.75 Å². The number of hydrogen-bond donors (Lipinski definition) is 2. The molecule has 1 aromatic rings. The van der Waals surface area contributed by atoms with Gasteiger partial charge in [0.25, 0.3) is 0 Å². The van der Waals surface area contributed by atoms with Gasteiger partial charge in [-0.1, -0.05) is 31.2 Å². The maximum atomic E-state index is 12.2. The van der Waals surface area contributed by atoms with Gasteiger partial charge in [0.15, 0.2) is 0 Å². The highest BCUT2D eigenvalue weighted by Crippen LogP contribution is 2.18. The zero-order valence-corrected chi connectivity index (χ0v) is 12.6. The first-order valence-corrected chi connectivity index (χ1v) is 7.35. The number of nitrogens with one attached hydrogen (secondary N) is 1. The van der Waals surface area contributed by atoms with Crippen molar-refractivity contribution in [3.63, 3.8) is 0 Å². The van der Waals surface area contributed by atoms with Crippen LogP contribution in [0.1, 0.15) is 18.9 Å². The number of aliphatic hydroxyl groups excluding tert-OH is 1. The summed E-state index contributed by atoms with van der Waals surface area (Å²) >= 11 is 0. The van der Waals surface area contributed by atoms with E-state index < -0.39 is 0 Å². The monoisotopic (exact) mass is 289 g/mol. The zero-order chi connectivity index (χ0) is 15.2. The van der Waals surface area contributed by atoms with Gasteiger partial charge in [-0.05, 0) is 30.5 Å². The minimum Gasteiger partial charge on any atom is -0.497 e. The van der Waals surface area contributed by atoms with Crippen LogP contribution in [0.2, 0.25) is 0 Å². The number of benzene rings is 1. The van der Waals surface area contributed by atoms with Crippen LogP contribution in [0, 0.1) is 11.8 Å². The van der Waals surface area contributed by atoms with E-state index in [-0.39, 0.29) is 30.4 Å². The Morgan fingerprint density at radius 1 is 1.38 bits per heavy atom. The molecule has 1 aliphatic carbocycles. The highest BCUT2D eigenvalue weighted by molar-refractivity contribution is 5.79. The van der Waals surface area contributed by atoms with Gasteiger partial charge in [0.05, 0.1) is 7.11 Å². The summed E-state index contributed by atoms with van der Waals surface area (Å²) in [6, 6.07) is 7.84. The zero-order valence-electron chi connectivity index (χ0n) is 12.6. The Morgan fingerprint density at radius 3 is 2.67 bits per heavy atom. The van der Waals surface area contributed by atoms with Crippen molar-refractivity contribution in [2.75, 3.05) is 13.7 Å². The molecule has 0 bridgehead atoms. The summed E-state index contributed by atoms with van der Waals surface area (Å²) in [4.78, 5) is 12.2. The molecule has 0 aromatic heterocycles. The highest BCUT2D eigenvalue weighted by Gasteiger charge is 2.22. The average Bonchev–Trinajstić information content (AvgIpc) is 2.95. The first kappa shape index (κ1) is 15.6. The lowest BCUT2D eigenvalue weighted by Crippen LogP contribution is -2.37. The Bertz CT molecular complexity index is 495. The Labute approximate surface area is 125 Å². The van der Waals surface area contributed by atoms with Crippen molar-refractivity contribution in [1.29, 1.82) is 0 Å². The molecule has 114 valence electrons. The molecular formula is C17H23NO3. The van der Waals surface area contributed by atoms with E-state index in [2.05, 4.69) is 5.32 Å². The fourth-order valence-electron chi connectivity index (χ4n) is 2.55. The minimum atomic E-state index is -0.0834. The number of hydrogen-bond acceptors (Lipinski definition) is 3. The van der Waals surface area contributed by atoms with Crippen molar-refractivity contribution < 1.29 is 14.6 Å². The van der Waals surface area contributed by atoms with Crippen LogP contribution in [0.5, 0.6) is 5.75 Å². The first-order chi connectivity index (χ1) is 10.1. The van der Waals surface area contributed by atoms with Crippen LogP contribution in [-0.4, -0.2) is 30.8 Å². The van der Waals surface area contributed by atoms with Gasteiger partial charge < -0.3 is 15.2 Å². The van der Waals surface area contributed by atoms with E-state index in [0.717, 1.165) is 17.7 Å². The van der Waals surface area contributed by atoms with Crippen molar-refractivity contribution in [2.45, 2.75) is 25.8 Å². The molecule has 1 aliphatic rings. The van der Waals surface area contributed by atoms with Gasteiger partial charge in [-0.25, -0.2) is 0 Å². The smallest absolute Gasteiger partial charge is 0.223 e. The quantitative estimate of drug-likeness (QED) is 0.787. The molecule has 4 heteroatoms. The van der Waals surface area contributed by atoms with Crippen LogP contribution in [0.4, 0.5) is 0 Å². The molecule has 0 saturated heterocycles. The van der Waals surface area contributed by atoms with Crippen LogP contribution in [0.3, 0.4) is 0 Å². The van der Waals surface area contributed by atoms with Gasteiger partial charge in [0, 0.05) is 24.5 Å². The second-order valence-corrected chi connectivity index (χ2v) is 5.63. The van der Waals surface area contributed by atoms with Gasteiger partial charge in [-0.2, -0.15) is 0 Å². The summed E-state index contributed by atoms with van der Waals surface area (Å²) in [7, 11) is 1.64. The van der Waals surface area contributed by atoms with E-state index in [4.69, 9.17) is 9.84 Å². The fraction of sp³-hybridized carbons (Fsp3) is 0.471. The molecule has 21 heavy (non-hydrogen) atoms. The van der Waals surface area contributed by atoms with Crippen LogP contribution in [-0.2, 0) is 11.2 Å². The van der Waals surface area contributed by atoms with Gasteiger partial charge in [-0.15, -0.1) is 0 Å². The molecule has 0 aliphatic heterocycles. The van der Waals surface area contributed by atoms with Gasteiger partial charge >= 0.3 is 0 Å². The lowest BCUT2D eigenvalue weighted by atomic mass is 9.99. The molecular weight excluding hydrogens is 266 g/mol. The van der Waals surface area contributed by atoms with Crippen molar-refractivity contribution in [1.82, 2.24) is 5.32 Å². The molecule has 0 spiro atoms. The molecule has 2 N–H and O–H groups in total. The summed E-state index contributed by atoms with van der Waals surface area (Å²) in [5.74, 6) is 0.966. The van der Waals surface area contributed by atoms with Crippen LogP contribution < -0.4 is 10.1 Å². The molecule has 1 aromatic carbocycles. The topological polar surface area (TPSA) is 58.6 Å².